The summed E-state index contributed by atoms with van der Waals surface area (Å²) in [5.41, 5.74) is -0.303. The van der Waals surface area contributed by atoms with Gasteiger partial charge < -0.3 is 9.84 Å². The second-order valence-electron chi connectivity index (χ2n) is 7.95. The highest BCUT2D eigenvalue weighted by molar-refractivity contribution is 5.88. The van der Waals surface area contributed by atoms with Crippen LogP contribution in [0.15, 0.2) is 53.3 Å². The van der Waals surface area contributed by atoms with Crippen LogP contribution in [0.1, 0.15) is 58.3 Å². The Labute approximate surface area is 194 Å². The second kappa shape index (κ2) is 10.5. The minimum absolute atomic E-state index is 0.136. The second-order valence-corrected chi connectivity index (χ2v) is 7.95. The van der Waals surface area contributed by atoms with Crippen LogP contribution in [0.5, 0.6) is 5.75 Å². The summed E-state index contributed by atoms with van der Waals surface area (Å²) in [6, 6.07) is 11.0. The topological polar surface area (TPSA) is 81.4 Å². The van der Waals surface area contributed by atoms with Crippen molar-refractivity contribution in [1.82, 2.24) is 9.55 Å². The molecule has 0 spiro atoms. The molecular weight excluding hydrogens is 449 g/mol. The maximum atomic E-state index is 13.4. The molecule has 9 heteroatoms. The number of carboxylic acids is 1. The van der Waals surface area contributed by atoms with Crippen LogP contribution in [0.2, 0.25) is 0 Å². The number of rotatable bonds is 9. The van der Waals surface area contributed by atoms with E-state index in [1.165, 1.54) is 6.07 Å². The Morgan fingerprint density at radius 2 is 1.82 bits per heavy atom. The maximum Gasteiger partial charge on any atom is 0.416 e. The van der Waals surface area contributed by atoms with Crippen LogP contribution in [0.4, 0.5) is 13.2 Å². The molecule has 0 fully saturated rings. The Morgan fingerprint density at radius 1 is 1.12 bits per heavy atom. The lowest BCUT2D eigenvalue weighted by atomic mass is 10.0. The van der Waals surface area contributed by atoms with Crippen LogP contribution in [-0.2, 0) is 25.7 Å². The third-order valence-corrected chi connectivity index (χ3v) is 5.29. The van der Waals surface area contributed by atoms with Gasteiger partial charge in [-0.25, -0.2) is 9.78 Å². The highest BCUT2D eigenvalue weighted by atomic mass is 19.4. The van der Waals surface area contributed by atoms with Crippen LogP contribution in [0.25, 0.3) is 0 Å². The number of ether oxygens (including phenoxy) is 1. The molecule has 1 aromatic heterocycles. The summed E-state index contributed by atoms with van der Waals surface area (Å²) in [6.45, 7) is 3.79. The van der Waals surface area contributed by atoms with Gasteiger partial charge in [0.05, 0.1) is 17.7 Å². The summed E-state index contributed by atoms with van der Waals surface area (Å²) in [5, 5.41) is 8.97. The van der Waals surface area contributed by atoms with Gasteiger partial charge in [-0.3, -0.25) is 9.36 Å². The first-order valence-corrected chi connectivity index (χ1v) is 10.8. The lowest BCUT2D eigenvalue weighted by molar-refractivity contribution is -0.138. The van der Waals surface area contributed by atoms with Gasteiger partial charge in [0.2, 0.25) is 0 Å². The van der Waals surface area contributed by atoms with Crippen LogP contribution in [0.3, 0.4) is 0 Å². The van der Waals surface area contributed by atoms with E-state index in [4.69, 9.17) is 9.84 Å². The number of hydrogen-bond acceptors (Lipinski definition) is 4. The number of aromatic nitrogens is 2. The number of hydrogen-bond donors (Lipinski definition) is 1. The lowest BCUT2D eigenvalue weighted by Gasteiger charge is -2.15. The molecule has 1 N–H and O–H groups in total. The monoisotopic (exact) mass is 474 g/mol. The molecule has 180 valence electrons. The first kappa shape index (κ1) is 25.0. The first-order chi connectivity index (χ1) is 16.1. The van der Waals surface area contributed by atoms with Gasteiger partial charge in [-0.2, -0.15) is 13.2 Å². The van der Waals surface area contributed by atoms with E-state index in [9.17, 15) is 22.8 Å². The van der Waals surface area contributed by atoms with Crippen molar-refractivity contribution in [2.24, 2.45) is 0 Å². The zero-order chi connectivity index (χ0) is 24.9. The van der Waals surface area contributed by atoms with Crippen LogP contribution in [0, 0.1) is 6.92 Å². The molecule has 0 radical (unpaired) electrons. The predicted molar refractivity (Wildman–Crippen MR) is 120 cm³/mol. The van der Waals surface area contributed by atoms with E-state index in [-0.39, 0.29) is 17.7 Å². The average molecular weight is 474 g/mol. The molecule has 1 heterocycles. The van der Waals surface area contributed by atoms with E-state index < -0.39 is 23.3 Å². The largest absolute Gasteiger partial charge is 0.489 e. The molecule has 34 heavy (non-hydrogen) atoms. The van der Waals surface area contributed by atoms with E-state index in [0.29, 0.717) is 30.5 Å². The van der Waals surface area contributed by atoms with Gasteiger partial charge in [-0.05, 0) is 43.2 Å². The summed E-state index contributed by atoms with van der Waals surface area (Å²) >= 11 is 0. The Hall–Kier alpha value is -3.62. The summed E-state index contributed by atoms with van der Waals surface area (Å²) in [4.78, 5) is 28.0. The fourth-order valence-electron chi connectivity index (χ4n) is 3.51. The van der Waals surface area contributed by atoms with Crippen LogP contribution < -0.4 is 10.3 Å². The van der Waals surface area contributed by atoms with Crippen molar-refractivity contribution < 1.29 is 27.8 Å². The number of nitrogens with zero attached hydrogens (tertiary/aromatic N) is 2. The van der Waals surface area contributed by atoms with Gasteiger partial charge in [-0.15, -0.1) is 0 Å². The molecule has 2 aromatic carbocycles. The molecule has 0 unspecified atom stereocenters. The van der Waals surface area contributed by atoms with Crippen LogP contribution in [-0.4, -0.2) is 20.6 Å². The molecule has 0 aliphatic carbocycles. The van der Waals surface area contributed by atoms with Crippen molar-refractivity contribution in [3.63, 3.8) is 0 Å². The van der Waals surface area contributed by atoms with Gasteiger partial charge in [-0.1, -0.05) is 31.5 Å². The number of aryl methyl sites for hydroxylation is 2. The number of unbranched alkanes of at least 4 members (excludes halogenated alkanes) is 1. The van der Waals surface area contributed by atoms with E-state index >= 15 is 0 Å². The van der Waals surface area contributed by atoms with Crippen molar-refractivity contribution in [3.8, 4) is 5.75 Å². The van der Waals surface area contributed by atoms with E-state index in [1.54, 1.807) is 35.8 Å². The summed E-state index contributed by atoms with van der Waals surface area (Å²) in [5.74, 6) is -0.370. The molecule has 3 rings (SSSR count). The Bertz CT molecular complexity index is 1220. The smallest absolute Gasteiger partial charge is 0.416 e. The van der Waals surface area contributed by atoms with Gasteiger partial charge in [0.15, 0.2) is 0 Å². The molecule has 0 saturated carbocycles. The number of aromatic carboxylic acids is 1. The van der Waals surface area contributed by atoms with Crippen molar-refractivity contribution in [3.05, 3.63) is 92.7 Å². The highest BCUT2D eigenvalue weighted by Gasteiger charge is 2.34. The van der Waals surface area contributed by atoms with Crippen molar-refractivity contribution in [2.45, 2.75) is 52.4 Å². The Morgan fingerprint density at radius 3 is 2.44 bits per heavy atom. The third kappa shape index (κ3) is 6.24. The summed E-state index contributed by atoms with van der Waals surface area (Å²) in [7, 11) is 0. The van der Waals surface area contributed by atoms with Gasteiger partial charge >= 0.3 is 12.1 Å². The molecule has 0 aliphatic heterocycles. The number of alkyl halides is 3. The molecule has 0 bridgehead atoms. The zero-order valence-electron chi connectivity index (χ0n) is 18.9. The molecular formula is C25H25F3N2O4. The van der Waals surface area contributed by atoms with Gasteiger partial charge in [0.25, 0.3) is 5.56 Å². The van der Waals surface area contributed by atoms with Gasteiger partial charge in [0, 0.05) is 23.7 Å². The summed E-state index contributed by atoms with van der Waals surface area (Å²) < 4.78 is 47.2. The SMILES string of the molecule is CCCCc1nc(C)cc(=O)n1Cc1ccc(OCc2ccc(C(=O)O)cc2C(F)(F)F)cc1. The van der Waals surface area contributed by atoms with Crippen molar-refractivity contribution in [1.29, 1.82) is 0 Å². The van der Waals surface area contributed by atoms with E-state index in [2.05, 4.69) is 11.9 Å². The standard InChI is InChI=1S/C25H25F3N2O4/c1-3-4-5-22-29-16(2)12-23(31)30(22)14-17-6-10-20(11-7-17)34-15-19-9-8-18(24(32)33)13-21(19)25(26,27)28/h6-13H,3-5,14-15H2,1-2H3,(H,32,33). The molecule has 0 atom stereocenters. The first-order valence-electron chi connectivity index (χ1n) is 10.8. The number of carbonyl (C=O) groups is 1. The van der Waals surface area contributed by atoms with Crippen LogP contribution >= 0.6 is 0 Å². The normalized spacial score (nSPS) is 11.4. The summed E-state index contributed by atoms with van der Waals surface area (Å²) in [6.07, 6.45) is -2.13. The van der Waals surface area contributed by atoms with E-state index in [0.717, 1.165) is 36.4 Å². The zero-order valence-corrected chi connectivity index (χ0v) is 18.9. The van der Waals surface area contributed by atoms with Gasteiger partial charge in [0.1, 0.15) is 18.2 Å². The average Bonchev–Trinajstić information content (AvgIpc) is 2.78. The minimum Gasteiger partial charge on any atom is -0.489 e. The predicted octanol–water partition coefficient (Wildman–Crippen LogP) is 5.24. The fourth-order valence-corrected chi connectivity index (χ4v) is 3.51. The molecule has 0 aliphatic rings. The van der Waals surface area contributed by atoms with Crippen molar-refractivity contribution >= 4 is 5.97 Å². The Kier molecular flexibility index (Phi) is 7.75. The fraction of sp³-hybridized carbons (Fsp3) is 0.320. The third-order valence-electron chi connectivity index (χ3n) is 5.29. The molecule has 3 aromatic rings. The highest BCUT2D eigenvalue weighted by Crippen LogP contribution is 2.33. The number of carboxylic acid groups (broad SMARTS) is 1. The number of halogens is 3. The quantitative estimate of drug-likeness (QED) is 0.459. The Balaban J connectivity index is 1.75. The molecule has 6 nitrogen and oxygen atoms in total. The maximum absolute atomic E-state index is 13.4. The van der Waals surface area contributed by atoms with Crippen molar-refractivity contribution in [2.75, 3.05) is 0 Å². The van der Waals surface area contributed by atoms with E-state index in [1.807, 2.05) is 0 Å². The molecule has 0 saturated heterocycles. The minimum atomic E-state index is -4.71. The lowest BCUT2D eigenvalue weighted by Crippen LogP contribution is -2.25. The molecule has 0 amide bonds. The number of benzene rings is 2.